The molecule has 0 bridgehead atoms. The van der Waals surface area contributed by atoms with Gasteiger partial charge in [-0.15, -0.1) is 0 Å². The summed E-state index contributed by atoms with van der Waals surface area (Å²) < 4.78 is 38.5. The number of ether oxygens (including phenoxy) is 2. The molecule has 36 heavy (non-hydrogen) atoms. The van der Waals surface area contributed by atoms with E-state index in [1.807, 2.05) is 0 Å². The number of sulfonamides is 1. The van der Waals surface area contributed by atoms with Crippen molar-refractivity contribution in [3.8, 4) is 11.5 Å². The number of nitrogens with zero attached hydrogens (tertiary/aromatic N) is 2. The van der Waals surface area contributed by atoms with E-state index in [2.05, 4.69) is 31.9 Å². The number of carbonyl (C=O) groups excluding carboxylic acids is 1. The van der Waals surface area contributed by atoms with Crippen molar-refractivity contribution in [3.63, 3.8) is 0 Å². The number of aromatic nitrogens is 1. The number of anilines is 3. The van der Waals surface area contributed by atoms with Crippen LogP contribution >= 0.6 is 0 Å². The van der Waals surface area contributed by atoms with Crippen LogP contribution in [-0.2, 0) is 10.0 Å². The van der Waals surface area contributed by atoms with Gasteiger partial charge in [0.1, 0.15) is 5.75 Å². The van der Waals surface area contributed by atoms with Crippen LogP contribution in [0, 0.1) is 0 Å². The van der Waals surface area contributed by atoms with E-state index < -0.39 is 27.4 Å². The van der Waals surface area contributed by atoms with Gasteiger partial charge in [-0.1, -0.05) is 18.2 Å². The summed E-state index contributed by atoms with van der Waals surface area (Å²) in [6.45, 7) is 3.37. The summed E-state index contributed by atoms with van der Waals surface area (Å²) >= 11 is 0. The van der Waals surface area contributed by atoms with E-state index in [0.717, 1.165) is 31.9 Å². The summed E-state index contributed by atoms with van der Waals surface area (Å²) in [6, 6.07) is 14.1. The van der Waals surface area contributed by atoms with Crippen molar-refractivity contribution < 1.29 is 22.7 Å². The maximum Gasteiger partial charge on any atom is 0.417 e. The van der Waals surface area contributed by atoms with Gasteiger partial charge in [0, 0.05) is 38.1 Å². The van der Waals surface area contributed by atoms with Gasteiger partial charge in [-0.25, -0.2) is 13.2 Å². The number of benzene rings is 2. The maximum atomic E-state index is 12.7. The standard InChI is InChI=1S/C24H27N5O6S/c1-28-12-14-29(15-13-28)20-16-17(8-9-21(20)34-2)26-24(31)35-22-19(10-11-25-23(22)30)27-36(32,33)18-6-4-3-5-7-18/h3-11,16H,12-15H2,1-2H3,(H,26,31)(H2,25,27,30). The van der Waals surface area contributed by atoms with E-state index in [9.17, 15) is 18.0 Å². The summed E-state index contributed by atoms with van der Waals surface area (Å²) in [5.41, 5.74) is 0.294. The van der Waals surface area contributed by atoms with E-state index in [4.69, 9.17) is 9.47 Å². The Morgan fingerprint density at radius 3 is 2.44 bits per heavy atom. The molecule has 1 aliphatic rings. The largest absolute Gasteiger partial charge is 0.495 e. The highest BCUT2D eigenvalue weighted by molar-refractivity contribution is 7.92. The molecule has 1 amide bonds. The molecule has 3 N–H and O–H groups in total. The molecule has 2 heterocycles. The first-order valence-electron chi connectivity index (χ1n) is 11.2. The molecular weight excluding hydrogens is 486 g/mol. The molecule has 1 aromatic heterocycles. The van der Waals surface area contributed by atoms with Gasteiger partial charge in [-0.3, -0.25) is 14.8 Å². The van der Waals surface area contributed by atoms with Gasteiger partial charge in [-0.2, -0.15) is 0 Å². The van der Waals surface area contributed by atoms with Gasteiger partial charge >= 0.3 is 6.09 Å². The van der Waals surface area contributed by atoms with Gasteiger partial charge in [0.15, 0.2) is 0 Å². The first kappa shape index (κ1) is 25.1. The Hall–Kier alpha value is -4.03. The molecular formula is C24H27N5O6S. The first-order valence-corrected chi connectivity index (χ1v) is 12.6. The number of carbonyl (C=O) groups is 1. The van der Waals surface area contributed by atoms with E-state index in [1.165, 1.54) is 24.4 Å². The number of amides is 1. The third-order valence-corrected chi connectivity index (χ3v) is 7.06. The van der Waals surface area contributed by atoms with Gasteiger partial charge in [0.25, 0.3) is 15.6 Å². The molecule has 2 aromatic carbocycles. The van der Waals surface area contributed by atoms with Crippen LogP contribution in [0.25, 0.3) is 0 Å². The minimum absolute atomic E-state index is 0.00430. The first-order chi connectivity index (χ1) is 17.3. The fraction of sp³-hybridized carbons (Fsp3) is 0.250. The lowest BCUT2D eigenvalue weighted by molar-refractivity contribution is 0.215. The molecule has 1 aliphatic heterocycles. The van der Waals surface area contributed by atoms with Crippen LogP contribution in [0.3, 0.4) is 0 Å². The van der Waals surface area contributed by atoms with Crippen LogP contribution in [0.5, 0.6) is 11.5 Å². The van der Waals surface area contributed by atoms with Crippen LogP contribution in [0.15, 0.2) is 70.5 Å². The van der Waals surface area contributed by atoms with Crippen molar-refractivity contribution in [2.24, 2.45) is 0 Å². The van der Waals surface area contributed by atoms with Gasteiger partial charge in [0.2, 0.25) is 5.75 Å². The quantitative estimate of drug-likeness (QED) is 0.439. The second-order valence-electron chi connectivity index (χ2n) is 8.16. The molecule has 0 saturated carbocycles. The minimum Gasteiger partial charge on any atom is -0.495 e. The highest BCUT2D eigenvalue weighted by Gasteiger charge is 2.21. The second-order valence-corrected chi connectivity index (χ2v) is 9.84. The molecule has 12 heteroatoms. The number of nitrogens with one attached hydrogen (secondary N) is 3. The van der Waals surface area contributed by atoms with Crippen molar-refractivity contribution in [2.75, 3.05) is 55.3 Å². The number of likely N-dealkylation sites (N-methyl/N-ethyl adjacent to an activating group) is 1. The van der Waals surface area contributed by atoms with Crippen LogP contribution in [0.1, 0.15) is 0 Å². The molecule has 0 unspecified atom stereocenters. The SMILES string of the molecule is COc1ccc(NC(=O)Oc2c(NS(=O)(=O)c3ccccc3)cc[nH]c2=O)cc1N1CCN(C)CC1. The van der Waals surface area contributed by atoms with E-state index >= 15 is 0 Å². The summed E-state index contributed by atoms with van der Waals surface area (Å²) in [7, 11) is -0.377. The Morgan fingerprint density at radius 2 is 1.75 bits per heavy atom. The third kappa shape index (κ3) is 5.78. The fourth-order valence-corrected chi connectivity index (χ4v) is 4.83. The van der Waals surface area contributed by atoms with Crippen LogP contribution in [0.2, 0.25) is 0 Å². The number of pyridine rings is 1. The highest BCUT2D eigenvalue weighted by atomic mass is 32.2. The smallest absolute Gasteiger partial charge is 0.417 e. The average Bonchev–Trinajstić information content (AvgIpc) is 2.87. The lowest BCUT2D eigenvalue weighted by Gasteiger charge is -2.34. The molecule has 1 saturated heterocycles. The lowest BCUT2D eigenvalue weighted by atomic mass is 10.2. The predicted octanol–water partition coefficient (Wildman–Crippen LogP) is 2.55. The van der Waals surface area contributed by atoms with Crippen LogP contribution < -0.4 is 30.0 Å². The molecule has 0 radical (unpaired) electrons. The average molecular weight is 514 g/mol. The summed E-state index contributed by atoms with van der Waals surface area (Å²) in [4.78, 5) is 31.9. The fourth-order valence-electron chi connectivity index (χ4n) is 3.75. The van der Waals surface area contributed by atoms with E-state index in [0.29, 0.717) is 11.4 Å². The van der Waals surface area contributed by atoms with E-state index in [-0.39, 0.29) is 10.6 Å². The van der Waals surface area contributed by atoms with Crippen molar-refractivity contribution in [1.82, 2.24) is 9.88 Å². The lowest BCUT2D eigenvalue weighted by Crippen LogP contribution is -2.44. The topological polar surface area (TPSA) is 133 Å². The Bertz CT molecular complexity index is 1390. The Labute approximate surface area is 208 Å². The molecule has 0 aliphatic carbocycles. The van der Waals surface area contributed by atoms with Gasteiger partial charge < -0.3 is 24.3 Å². The molecule has 190 valence electrons. The van der Waals surface area contributed by atoms with Crippen LogP contribution in [0.4, 0.5) is 21.9 Å². The number of H-pyrrole nitrogens is 1. The summed E-state index contributed by atoms with van der Waals surface area (Å²) in [5.74, 6) is 0.179. The molecule has 3 aromatic rings. The number of methoxy groups -OCH3 is 1. The zero-order valence-electron chi connectivity index (χ0n) is 19.9. The normalized spacial score (nSPS) is 14.2. The molecule has 4 rings (SSSR count). The zero-order valence-corrected chi connectivity index (χ0v) is 20.7. The highest BCUT2D eigenvalue weighted by Crippen LogP contribution is 2.32. The van der Waals surface area contributed by atoms with Crippen molar-refractivity contribution in [2.45, 2.75) is 4.90 Å². The number of piperazine rings is 1. The molecule has 0 spiro atoms. The Balaban J connectivity index is 1.53. The van der Waals surface area contributed by atoms with Crippen molar-refractivity contribution in [1.29, 1.82) is 0 Å². The number of aromatic amines is 1. The third-order valence-electron chi connectivity index (χ3n) is 5.68. The van der Waals surface area contributed by atoms with Crippen molar-refractivity contribution >= 4 is 33.2 Å². The Morgan fingerprint density at radius 1 is 1.03 bits per heavy atom. The second kappa shape index (κ2) is 10.7. The maximum absolute atomic E-state index is 12.7. The molecule has 0 atom stereocenters. The van der Waals surface area contributed by atoms with Gasteiger partial charge in [0.05, 0.1) is 23.4 Å². The number of rotatable bonds is 7. The van der Waals surface area contributed by atoms with E-state index in [1.54, 1.807) is 43.5 Å². The minimum atomic E-state index is -4.01. The Kier molecular flexibility index (Phi) is 7.46. The van der Waals surface area contributed by atoms with Crippen LogP contribution in [-0.4, -0.2) is 64.7 Å². The molecule has 1 fully saturated rings. The van der Waals surface area contributed by atoms with Gasteiger partial charge in [-0.05, 0) is 43.4 Å². The molecule has 11 nitrogen and oxygen atoms in total. The summed E-state index contributed by atoms with van der Waals surface area (Å²) in [5, 5.41) is 2.60. The number of hydrogen-bond donors (Lipinski definition) is 3. The monoisotopic (exact) mass is 513 g/mol. The predicted molar refractivity (Wildman–Crippen MR) is 137 cm³/mol. The number of hydrogen-bond acceptors (Lipinski definition) is 8. The van der Waals surface area contributed by atoms with Crippen molar-refractivity contribution in [3.05, 3.63) is 71.1 Å². The summed E-state index contributed by atoms with van der Waals surface area (Å²) in [6.07, 6.45) is 0.295. The zero-order chi connectivity index (χ0) is 25.7.